The van der Waals surface area contributed by atoms with Gasteiger partial charge < -0.3 is 4.90 Å². The molecule has 2 aromatic rings. The van der Waals surface area contributed by atoms with Gasteiger partial charge in [0.25, 0.3) is 5.91 Å². The number of nitrogens with zero attached hydrogens (tertiary/aromatic N) is 4. The van der Waals surface area contributed by atoms with Crippen molar-refractivity contribution in [1.82, 2.24) is 20.4 Å². The van der Waals surface area contributed by atoms with Gasteiger partial charge in [-0.15, -0.1) is 5.10 Å². The molecule has 0 unspecified atom stereocenters. The number of hydrogen-bond donors (Lipinski definition) is 2. The Labute approximate surface area is 123 Å². The SMILES string of the molecule is Cc1cc(C)cc(N(C)CCn2cc(C(=O)NN)nn2)c1. The number of nitrogens with one attached hydrogen (secondary N) is 1. The summed E-state index contributed by atoms with van der Waals surface area (Å²) >= 11 is 0. The van der Waals surface area contributed by atoms with Gasteiger partial charge in [-0.2, -0.15) is 0 Å². The molecular weight excluding hydrogens is 268 g/mol. The summed E-state index contributed by atoms with van der Waals surface area (Å²) in [4.78, 5) is 13.4. The lowest BCUT2D eigenvalue weighted by Gasteiger charge is -2.20. The minimum Gasteiger partial charge on any atom is -0.373 e. The molecular formula is C14H20N6O. The first-order valence-electron chi connectivity index (χ1n) is 6.70. The summed E-state index contributed by atoms with van der Waals surface area (Å²) < 4.78 is 1.63. The summed E-state index contributed by atoms with van der Waals surface area (Å²) in [5.74, 6) is 4.61. The Bertz CT molecular complexity index is 616. The van der Waals surface area contributed by atoms with Crippen LogP contribution in [-0.2, 0) is 6.54 Å². The van der Waals surface area contributed by atoms with E-state index in [-0.39, 0.29) is 5.69 Å². The molecule has 1 aromatic carbocycles. The van der Waals surface area contributed by atoms with Gasteiger partial charge in [0.1, 0.15) is 0 Å². The monoisotopic (exact) mass is 288 g/mol. The van der Waals surface area contributed by atoms with Crippen molar-refractivity contribution in [1.29, 1.82) is 0 Å². The lowest BCUT2D eigenvalue weighted by Crippen LogP contribution is -2.30. The van der Waals surface area contributed by atoms with Gasteiger partial charge in [0, 0.05) is 19.3 Å². The molecule has 0 aliphatic rings. The fourth-order valence-electron chi connectivity index (χ4n) is 2.14. The second-order valence-electron chi connectivity index (χ2n) is 5.11. The van der Waals surface area contributed by atoms with Crippen LogP contribution in [0.5, 0.6) is 0 Å². The molecule has 0 spiro atoms. The molecule has 2 rings (SSSR count). The molecule has 1 amide bonds. The Morgan fingerprint density at radius 1 is 1.33 bits per heavy atom. The molecule has 7 nitrogen and oxygen atoms in total. The highest BCUT2D eigenvalue weighted by molar-refractivity contribution is 5.91. The zero-order chi connectivity index (χ0) is 15.4. The van der Waals surface area contributed by atoms with Crippen LogP contribution >= 0.6 is 0 Å². The second kappa shape index (κ2) is 6.36. The Balaban J connectivity index is 1.99. The topological polar surface area (TPSA) is 89.1 Å². The number of carbonyl (C=O) groups is 1. The minimum absolute atomic E-state index is 0.214. The average molecular weight is 288 g/mol. The Kier molecular flexibility index (Phi) is 4.54. The van der Waals surface area contributed by atoms with Gasteiger partial charge in [-0.05, 0) is 37.1 Å². The van der Waals surface area contributed by atoms with Crippen LogP contribution in [0.25, 0.3) is 0 Å². The highest BCUT2D eigenvalue weighted by Gasteiger charge is 2.09. The van der Waals surface area contributed by atoms with Crippen molar-refractivity contribution in [3.63, 3.8) is 0 Å². The zero-order valence-electron chi connectivity index (χ0n) is 12.5. The number of carbonyl (C=O) groups excluding carboxylic acids is 1. The Morgan fingerprint density at radius 3 is 2.62 bits per heavy atom. The summed E-state index contributed by atoms with van der Waals surface area (Å²) in [6, 6.07) is 6.43. The fourth-order valence-corrected chi connectivity index (χ4v) is 2.14. The molecule has 0 aliphatic heterocycles. The van der Waals surface area contributed by atoms with Crippen molar-refractivity contribution in [2.45, 2.75) is 20.4 Å². The molecule has 1 aromatic heterocycles. The molecule has 112 valence electrons. The van der Waals surface area contributed by atoms with Gasteiger partial charge in [0.2, 0.25) is 0 Å². The van der Waals surface area contributed by atoms with Crippen LogP contribution in [0, 0.1) is 13.8 Å². The van der Waals surface area contributed by atoms with Crippen molar-refractivity contribution in [2.75, 3.05) is 18.5 Å². The van der Waals surface area contributed by atoms with E-state index in [1.807, 2.05) is 12.5 Å². The molecule has 0 saturated heterocycles. The van der Waals surface area contributed by atoms with Crippen molar-refractivity contribution in [3.8, 4) is 0 Å². The van der Waals surface area contributed by atoms with Crippen LogP contribution in [-0.4, -0.2) is 34.5 Å². The number of amides is 1. The van der Waals surface area contributed by atoms with Gasteiger partial charge in [0.15, 0.2) is 5.69 Å². The molecule has 7 heteroatoms. The first kappa shape index (κ1) is 15.0. The number of aryl methyl sites for hydroxylation is 2. The normalized spacial score (nSPS) is 10.5. The number of hydrogen-bond acceptors (Lipinski definition) is 5. The summed E-state index contributed by atoms with van der Waals surface area (Å²) in [6.45, 7) is 5.56. The molecule has 1 heterocycles. The molecule has 0 bridgehead atoms. The molecule has 0 fully saturated rings. The number of benzene rings is 1. The van der Waals surface area contributed by atoms with Crippen LogP contribution < -0.4 is 16.2 Å². The number of aromatic nitrogens is 3. The third kappa shape index (κ3) is 3.79. The van der Waals surface area contributed by atoms with E-state index in [1.54, 1.807) is 10.9 Å². The van der Waals surface area contributed by atoms with E-state index in [2.05, 4.69) is 47.3 Å². The molecule has 0 radical (unpaired) electrons. The molecule has 0 aliphatic carbocycles. The highest BCUT2D eigenvalue weighted by atomic mass is 16.2. The number of likely N-dealkylation sites (N-methyl/N-ethyl adjacent to an activating group) is 1. The Morgan fingerprint density at radius 2 is 2.00 bits per heavy atom. The summed E-state index contributed by atoms with van der Waals surface area (Å²) in [6.07, 6.45) is 1.58. The van der Waals surface area contributed by atoms with Crippen molar-refractivity contribution in [3.05, 3.63) is 41.2 Å². The number of hydrazine groups is 1. The number of nitrogens with two attached hydrogens (primary N) is 1. The zero-order valence-corrected chi connectivity index (χ0v) is 12.5. The smallest absolute Gasteiger partial charge is 0.287 e. The lowest BCUT2D eigenvalue weighted by atomic mass is 10.1. The third-order valence-corrected chi connectivity index (χ3v) is 3.21. The maximum atomic E-state index is 11.3. The van der Waals surface area contributed by atoms with E-state index >= 15 is 0 Å². The summed E-state index contributed by atoms with van der Waals surface area (Å²) in [5.41, 5.74) is 5.88. The van der Waals surface area contributed by atoms with Gasteiger partial charge >= 0.3 is 0 Å². The van der Waals surface area contributed by atoms with E-state index in [0.29, 0.717) is 6.54 Å². The van der Waals surface area contributed by atoms with Crippen LogP contribution in [0.15, 0.2) is 24.4 Å². The molecule has 3 N–H and O–H groups in total. The minimum atomic E-state index is -0.441. The van der Waals surface area contributed by atoms with E-state index in [4.69, 9.17) is 5.84 Å². The quantitative estimate of drug-likeness (QED) is 0.479. The van der Waals surface area contributed by atoms with E-state index in [1.165, 1.54) is 11.1 Å². The van der Waals surface area contributed by atoms with Crippen molar-refractivity contribution in [2.24, 2.45) is 5.84 Å². The van der Waals surface area contributed by atoms with Crippen LogP contribution in [0.3, 0.4) is 0 Å². The maximum Gasteiger partial charge on any atom is 0.287 e. The lowest BCUT2D eigenvalue weighted by molar-refractivity contribution is 0.0948. The van der Waals surface area contributed by atoms with Crippen LogP contribution in [0.2, 0.25) is 0 Å². The molecule has 0 atom stereocenters. The second-order valence-corrected chi connectivity index (χ2v) is 5.11. The summed E-state index contributed by atoms with van der Waals surface area (Å²) in [5, 5.41) is 7.68. The van der Waals surface area contributed by atoms with Crippen molar-refractivity contribution < 1.29 is 4.79 Å². The third-order valence-electron chi connectivity index (χ3n) is 3.21. The van der Waals surface area contributed by atoms with Crippen molar-refractivity contribution >= 4 is 11.6 Å². The molecule has 0 saturated carbocycles. The van der Waals surface area contributed by atoms with E-state index < -0.39 is 5.91 Å². The Hall–Kier alpha value is -2.41. The van der Waals surface area contributed by atoms with Gasteiger partial charge in [-0.3, -0.25) is 10.2 Å². The fraction of sp³-hybridized carbons (Fsp3) is 0.357. The highest BCUT2D eigenvalue weighted by Crippen LogP contribution is 2.17. The van der Waals surface area contributed by atoms with Gasteiger partial charge in [0.05, 0.1) is 12.7 Å². The summed E-state index contributed by atoms with van der Waals surface area (Å²) in [7, 11) is 2.03. The molecule has 21 heavy (non-hydrogen) atoms. The number of anilines is 1. The van der Waals surface area contributed by atoms with Gasteiger partial charge in [-0.25, -0.2) is 10.5 Å². The first-order valence-corrected chi connectivity index (χ1v) is 6.70. The standard InChI is InChI=1S/C14H20N6O/c1-10-6-11(2)8-12(7-10)19(3)4-5-20-9-13(17-18-20)14(21)16-15/h6-9H,4-5,15H2,1-3H3,(H,16,21). The van der Waals surface area contributed by atoms with Crippen LogP contribution in [0.4, 0.5) is 5.69 Å². The van der Waals surface area contributed by atoms with Crippen LogP contribution in [0.1, 0.15) is 21.6 Å². The predicted octanol–water partition coefficient (Wildman–Crippen LogP) is 0.635. The van der Waals surface area contributed by atoms with E-state index in [9.17, 15) is 4.79 Å². The largest absolute Gasteiger partial charge is 0.373 e. The first-order chi connectivity index (χ1) is 9.99. The predicted molar refractivity (Wildman–Crippen MR) is 80.9 cm³/mol. The number of nitrogen functional groups attached to an aromatic ring is 1. The average Bonchev–Trinajstić information content (AvgIpc) is 2.91. The van der Waals surface area contributed by atoms with E-state index in [0.717, 1.165) is 12.2 Å². The maximum absolute atomic E-state index is 11.3. The van der Waals surface area contributed by atoms with Gasteiger partial charge in [-0.1, -0.05) is 11.3 Å². The number of rotatable bonds is 5.